The van der Waals surface area contributed by atoms with Crippen molar-refractivity contribution in [3.8, 4) is 0 Å². The Balaban J connectivity index is 1.93. The topological polar surface area (TPSA) is 52.4 Å². The number of rotatable bonds is 5. The van der Waals surface area contributed by atoms with Crippen LogP contribution < -0.4 is 0 Å². The van der Waals surface area contributed by atoms with Crippen LogP contribution in [-0.2, 0) is 18.0 Å². The van der Waals surface area contributed by atoms with Crippen molar-refractivity contribution in [1.82, 2.24) is 0 Å². The zero-order valence-electron chi connectivity index (χ0n) is 10.7. The van der Waals surface area contributed by atoms with Crippen LogP contribution in [0.5, 0.6) is 0 Å². The van der Waals surface area contributed by atoms with Gasteiger partial charge in [0.05, 0.1) is 18.1 Å². The van der Waals surface area contributed by atoms with Crippen molar-refractivity contribution in [2.24, 2.45) is 0 Å². The van der Waals surface area contributed by atoms with Crippen molar-refractivity contribution >= 4 is 5.69 Å². The van der Waals surface area contributed by atoms with Crippen molar-refractivity contribution in [1.29, 1.82) is 0 Å². The molecule has 0 aromatic heterocycles. The molecule has 0 aliphatic rings. The Morgan fingerprint density at radius 3 is 2.37 bits per heavy atom. The fraction of sp³-hybridized carbons (Fsp3) is 0.200. The van der Waals surface area contributed by atoms with E-state index in [9.17, 15) is 10.1 Å². The molecule has 0 radical (unpaired) electrons. The second-order valence-corrected chi connectivity index (χ2v) is 4.36. The van der Waals surface area contributed by atoms with E-state index in [1.54, 1.807) is 19.1 Å². The molecule has 0 N–H and O–H groups in total. The lowest BCUT2D eigenvalue weighted by molar-refractivity contribution is -0.385. The number of nitro benzene ring substituents is 1. The summed E-state index contributed by atoms with van der Waals surface area (Å²) in [7, 11) is 0. The molecule has 2 aromatic carbocycles. The normalized spacial score (nSPS) is 10.4. The van der Waals surface area contributed by atoms with Crippen molar-refractivity contribution < 1.29 is 9.66 Å². The first-order valence-corrected chi connectivity index (χ1v) is 6.02. The van der Waals surface area contributed by atoms with Gasteiger partial charge in [-0.15, -0.1) is 0 Å². The number of benzene rings is 2. The van der Waals surface area contributed by atoms with Crippen LogP contribution in [0, 0.1) is 17.0 Å². The molecule has 2 rings (SSSR count). The average Bonchev–Trinajstić information content (AvgIpc) is 2.39. The Morgan fingerprint density at radius 1 is 1.05 bits per heavy atom. The standard InChI is InChI=1S/C15H15NO3/c1-12-9-14(7-8-15(12)16(17)18)11-19-10-13-5-3-2-4-6-13/h2-9H,10-11H2,1H3. The third kappa shape index (κ3) is 3.63. The van der Waals surface area contributed by atoms with Crippen LogP contribution in [0.3, 0.4) is 0 Å². The van der Waals surface area contributed by atoms with E-state index in [0.29, 0.717) is 18.8 Å². The van der Waals surface area contributed by atoms with Crippen molar-refractivity contribution in [2.45, 2.75) is 20.1 Å². The lowest BCUT2D eigenvalue weighted by Gasteiger charge is -2.05. The summed E-state index contributed by atoms with van der Waals surface area (Å²) in [5.41, 5.74) is 2.86. The van der Waals surface area contributed by atoms with E-state index in [1.165, 1.54) is 6.07 Å². The smallest absolute Gasteiger partial charge is 0.272 e. The summed E-state index contributed by atoms with van der Waals surface area (Å²) in [6.07, 6.45) is 0. The maximum atomic E-state index is 10.7. The number of nitro groups is 1. The lowest BCUT2D eigenvalue weighted by Crippen LogP contribution is -1.96. The maximum Gasteiger partial charge on any atom is 0.272 e. The first-order chi connectivity index (χ1) is 9.16. The number of hydrogen-bond donors (Lipinski definition) is 0. The predicted molar refractivity (Wildman–Crippen MR) is 72.8 cm³/mol. The number of ether oxygens (including phenoxy) is 1. The summed E-state index contributed by atoms with van der Waals surface area (Å²) in [4.78, 5) is 10.3. The Kier molecular flexibility index (Phi) is 4.26. The van der Waals surface area contributed by atoms with E-state index in [4.69, 9.17) is 4.74 Å². The zero-order chi connectivity index (χ0) is 13.7. The molecule has 0 heterocycles. The van der Waals surface area contributed by atoms with E-state index in [2.05, 4.69) is 0 Å². The fourth-order valence-corrected chi connectivity index (χ4v) is 1.87. The Hall–Kier alpha value is -2.20. The van der Waals surface area contributed by atoms with Crippen LogP contribution in [0.25, 0.3) is 0 Å². The van der Waals surface area contributed by atoms with Crippen molar-refractivity contribution in [3.05, 3.63) is 75.3 Å². The van der Waals surface area contributed by atoms with E-state index in [-0.39, 0.29) is 10.6 Å². The predicted octanol–water partition coefficient (Wildman–Crippen LogP) is 3.62. The first kappa shape index (κ1) is 13.2. The van der Waals surface area contributed by atoms with Crippen LogP contribution >= 0.6 is 0 Å². The third-order valence-electron chi connectivity index (χ3n) is 2.84. The molecule has 4 heteroatoms. The molecule has 0 aliphatic carbocycles. The molecule has 19 heavy (non-hydrogen) atoms. The van der Waals surface area contributed by atoms with E-state index in [0.717, 1.165) is 11.1 Å². The highest BCUT2D eigenvalue weighted by Crippen LogP contribution is 2.19. The quantitative estimate of drug-likeness (QED) is 0.607. The highest BCUT2D eigenvalue weighted by Gasteiger charge is 2.09. The fourth-order valence-electron chi connectivity index (χ4n) is 1.87. The van der Waals surface area contributed by atoms with Gasteiger partial charge in [-0.1, -0.05) is 30.3 Å². The third-order valence-corrected chi connectivity index (χ3v) is 2.84. The molecule has 2 aromatic rings. The van der Waals surface area contributed by atoms with Gasteiger partial charge in [-0.2, -0.15) is 0 Å². The van der Waals surface area contributed by atoms with Gasteiger partial charge in [0.2, 0.25) is 0 Å². The highest BCUT2D eigenvalue weighted by molar-refractivity contribution is 5.41. The van der Waals surface area contributed by atoms with Crippen LogP contribution in [-0.4, -0.2) is 4.92 Å². The average molecular weight is 257 g/mol. The Morgan fingerprint density at radius 2 is 1.74 bits per heavy atom. The molecule has 0 saturated carbocycles. The molecule has 0 atom stereocenters. The Labute approximate surface area is 111 Å². The second-order valence-electron chi connectivity index (χ2n) is 4.36. The second kappa shape index (κ2) is 6.11. The molecule has 0 bridgehead atoms. The molecule has 0 saturated heterocycles. The zero-order valence-corrected chi connectivity index (χ0v) is 10.7. The number of nitrogens with zero attached hydrogens (tertiary/aromatic N) is 1. The van der Waals surface area contributed by atoms with E-state index < -0.39 is 0 Å². The van der Waals surface area contributed by atoms with Crippen LogP contribution in [0.2, 0.25) is 0 Å². The minimum Gasteiger partial charge on any atom is -0.372 e. The molecule has 4 nitrogen and oxygen atoms in total. The van der Waals surface area contributed by atoms with Crippen molar-refractivity contribution in [2.75, 3.05) is 0 Å². The summed E-state index contributed by atoms with van der Waals surface area (Å²) in [5.74, 6) is 0. The van der Waals surface area contributed by atoms with Crippen LogP contribution in [0.1, 0.15) is 16.7 Å². The van der Waals surface area contributed by atoms with E-state index in [1.807, 2.05) is 30.3 Å². The highest BCUT2D eigenvalue weighted by atomic mass is 16.6. The van der Waals surface area contributed by atoms with Gasteiger partial charge >= 0.3 is 0 Å². The molecule has 0 fully saturated rings. The van der Waals surface area contributed by atoms with Gasteiger partial charge in [0.1, 0.15) is 0 Å². The van der Waals surface area contributed by atoms with Crippen molar-refractivity contribution in [3.63, 3.8) is 0 Å². The van der Waals surface area contributed by atoms with Gasteiger partial charge in [0.25, 0.3) is 5.69 Å². The number of aryl methyl sites for hydroxylation is 1. The van der Waals surface area contributed by atoms with Gasteiger partial charge in [0.15, 0.2) is 0 Å². The summed E-state index contributed by atoms with van der Waals surface area (Å²) in [5, 5.41) is 10.7. The largest absolute Gasteiger partial charge is 0.372 e. The molecule has 98 valence electrons. The SMILES string of the molecule is Cc1cc(COCc2ccccc2)ccc1[N+](=O)[O-]. The maximum absolute atomic E-state index is 10.7. The first-order valence-electron chi connectivity index (χ1n) is 6.02. The Bertz CT molecular complexity index is 567. The summed E-state index contributed by atoms with van der Waals surface area (Å²) < 4.78 is 5.59. The van der Waals surface area contributed by atoms with Gasteiger partial charge in [-0.25, -0.2) is 0 Å². The summed E-state index contributed by atoms with van der Waals surface area (Å²) in [6.45, 7) is 2.73. The summed E-state index contributed by atoms with van der Waals surface area (Å²) in [6, 6.07) is 14.9. The van der Waals surface area contributed by atoms with Crippen LogP contribution in [0.15, 0.2) is 48.5 Å². The molecule has 0 unspecified atom stereocenters. The minimum absolute atomic E-state index is 0.145. The molecule has 0 amide bonds. The van der Waals surface area contributed by atoms with Gasteiger partial charge in [-0.3, -0.25) is 10.1 Å². The lowest BCUT2D eigenvalue weighted by atomic mass is 10.1. The number of hydrogen-bond acceptors (Lipinski definition) is 3. The molecule has 0 aliphatic heterocycles. The monoisotopic (exact) mass is 257 g/mol. The van der Waals surface area contributed by atoms with Crippen LogP contribution in [0.4, 0.5) is 5.69 Å². The van der Waals surface area contributed by atoms with E-state index >= 15 is 0 Å². The molecular formula is C15H15NO3. The molecule has 0 spiro atoms. The van der Waals surface area contributed by atoms with Gasteiger partial charge in [0, 0.05) is 11.6 Å². The minimum atomic E-state index is -0.371. The molecular weight excluding hydrogens is 242 g/mol. The summed E-state index contributed by atoms with van der Waals surface area (Å²) >= 11 is 0. The van der Waals surface area contributed by atoms with Gasteiger partial charge in [-0.05, 0) is 30.2 Å². The van der Waals surface area contributed by atoms with Gasteiger partial charge < -0.3 is 4.74 Å².